The molecule has 5 heteroatoms. The van der Waals surface area contributed by atoms with Crippen LogP contribution in [0, 0.1) is 27.7 Å². The molecule has 1 amide bonds. The second-order valence-corrected chi connectivity index (χ2v) is 8.37. The molecule has 0 spiro atoms. The lowest BCUT2D eigenvalue weighted by Crippen LogP contribution is -2.30. The quantitative estimate of drug-likeness (QED) is 0.340. The summed E-state index contributed by atoms with van der Waals surface area (Å²) in [6.45, 7) is 7.56. The molecule has 1 unspecified atom stereocenters. The first-order valence-electron chi connectivity index (χ1n) is 10.4. The standard InChI is InChI=1S/C27H25NO4/c1-15-5-7-17(3)21(13-15)25(30)23-24(19-9-11-20(29)12-10-19)28(27(32)26(23)31)22-14-16(2)6-8-18(22)4/h5-14,24,29-30H,1-4H3/b25-23+. The highest BCUT2D eigenvalue weighted by atomic mass is 16.3. The van der Waals surface area contributed by atoms with Crippen LogP contribution in [0.4, 0.5) is 5.69 Å². The molecular formula is C27H25NO4. The Balaban J connectivity index is 2.01. The number of aliphatic hydroxyl groups excluding tert-OH is 1. The first-order chi connectivity index (χ1) is 15.2. The minimum atomic E-state index is -0.823. The number of amides is 1. The van der Waals surface area contributed by atoms with Crippen molar-refractivity contribution in [3.8, 4) is 5.75 Å². The SMILES string of the molecule is Cc1ccc(C)c(/C(O)=C2\C(=O)C(=O)N(c3cc(C)ccc3C)C2c2ccc(O)cc2)c1. The summed E-state index contributed by atoms with van der Waals surface area (Å²) in [6.07, 6.45) is 0. The van der Waals surface area contributed by atoms with E-state index in [1.54, 1.807) is 12.1 Å². The molecule has 2 N–H and O–H groups in total. The van der Waals surface area contributed by atoms with Gasteiger partial charge in [0.1, 0.15) is 11.5 Å². The van der Waals surface area contributed by atoms with Crippen molar-refractivity contribution in [3.63, 3.8) is 0 Å². The number of hydrogen-bond donors (Lipinski definition) is 2. The van der Waals surface area contributed by atoms with Crippen LogP contribution in [0.5, 0.6) is 5.75 Å². The third-order valence-corrected chi connectivity index (χ3v) is 5.93. The summed E-state index contributed by atoms with van der Waals surface area (Å²) in [5.41, 5.74) is 5.32. The molecule has 162 valence electrons. The number of carbonyl (C=O) groups is 2. The van der Waals surface area contributed by atoms with E-state index < -0.39 is 17.7 Å². The molecule has 1 saturated heterocycles. The summed E-state index contributed by atoms with van der Waals surface area (Å²) >= 11 is 0. The predicted octanol–water partition coefficient (Wildman–Crippen LogP) is 5.25. The van der Waals surface area contributed by atoms with Gasteiger partial charge >= 0.3 is 0 Å². The molecule has 0 aromatic heterocycles. The highest BCUT2D eigenvalue weighted by Crippen LogP contribution is 2.43. The lowest BCUT2D eigenvalue weighted by atomic mass is 9.93. The number of phenols is 1. The number of Topliss-reactive ketones (excluding diaryl/α,β-unsaturated/α-hetero) is 1. The van der Waals surface area contributed by atoms with Crippen LogP contribution in [-0.2, 0) is 9.59 Å². The number of rotatable bonds is 3. The van der Waals surface area contributed by atoms with E-state index >= 15 is 0 Å². The van der Waals surface area contributed by atoms with Crippen LogP contribution < -0.4 is 4.90 Å². The first kappa shape index (κ1) is 21.4. The minimum absolute atomic E-state index is 0.0373. The maximum absolute atomic E-state index is 13.3. The maximum atomic E-state index is 13.3. The monoisotopic (exact) mass is 427 g/mol. The van der Waals surface area contributed by atoms with Crippen LogP contribution in [-0.4, -0.2) is 21.9 Å². The molecule has 5 nitrogen and oxygen atoms in total. The van der Waals surface area contributed by atoms with Crippen LogP contribution >= 0.6 is 0 Å². The number of aliphatic hydroxyl groups is 1. The summed E-state index contributed by atoms with van der Waals surface area (Å²) in [6, 6.07) is 16.9. The molecule has 0 radical (unpaired) electrons. The number of aromatic hydroxyl groups is 1. The van der Waals surface area contributed by atoms with E-state index in [9.17, 15) is 19.8 Å². The fourth-order valence-electron chi connectivity index (χ4n) is 4.17. The molecule has 0 saturated carbocycles. The first-order valence-corrected chi connectivity index (χ1v) is 10.4. The Kier molecular flexibility index (Phi) is 5.35. The van der Waals surface area contributed by atoms with Crippen molar-refractivity contribution in [2.75, 3.05) is 4.90 Å². The largest absolute Gasteiger partial charge is 0.508 e. The van der Waals surface area contributed by atoms with Crippen molar-refractivity contribution in [1.82, 2.24) is 0 Å². The van der Waals surface area contributed by atoms with E-state index in [4.69, 9.17) is 0 Å². The van der Waals surface area contributed by atoms with Crippen molar-refractivity contribution < 1.29 is 19.8 Å². The molecule has 1 heterocycles. The van der Waals surface area contributed by atoms with Crippen LogP contribution in [0.3, 0.4) is 0 Å². The summed E-state index contributed by atoms with van der Waals surface area (Å²) in [7, 11) is 0. The Hall–Kier alpha value is -3.86. The van der Waals surface area contributed by atoms with E-state index in [1.165, 1.54) is 17.0 Å². The minimum Gasteiger partial charge on any atom is -0.508 e. The third-order valence-electron chi connectivity index (χ3n) is 5.93. The van der Waals surface area contributed by atoms with Crippen molar-refractivity contribution in [2.24, 2.45) is 0 Å². The fourth-order valence-corrected chi connectivity index (χ4v) is 4.17. The Morgan fingerprint density at radius 2 is 1.41 bits per heavy atom. The normalized spacial score (nSPS) is 17.8. The highest BCUT2D eigenvalue weighted by Gasteiger charge is 2.47. The third kappa shape index (κ3) is 3.56. The Bertz CT molecular complexity index is 1270. The lowest BCUT2D eigenvalue weighted by molar-refractivity contribution is -0.132. The van der Waals surface area contributed by atoms with Gasteiger partial charge in [-0.1, -0.05) is 42.0 Å². The molecule has 1 aliphatic heterocycles. The Morgan fingerprint density at radius 1 is 0.812 bits per heavy atom. The molecule has 1 atom stereocenters. The topological polar surface area (TPSA) is 77.8 Å². The summed E-state index contributed by atoms with van der Waals surface area (Å²) in [4.78, 5) is 28.0. The van der Waals surface area contributed by atoms with Crippen LogP contribution in [0.2, 0.25) is 0 Å². The second-order valence-electron chi connectivity index (χ2n) is 8.37. The van der Waals surface area contributed by atoms with Gasteiger partial charge in [-0.15, -0.1) is 0 Å². The average Bonchev–Trinajstić information content (AvgIpc) is 3.02. The van der Waals surface area contributed by atoms with Gasteiger partial charge in [0.2, 0.25) is 0 Å². The van der Waals surface area contributed by atoms with Gasteiger partial charge in [-0.3, -0.25) is 14.5 Å². The van der Waals surface area contributed by atoms with Crippen molar-refractivity contribution in [2.45, 2.75) is 33.7 Å². The van der Waals surface area contributed by atoms with Gasteiger partial charge in [0.15, 0.2) is 0 Å². The van der Waals surface area contributed by atoms with E-state index in [0.717, 1.165) is 22.3 Å². The van der Waals surface area contributed by atoms with E-state index in [-0.39, 0.29) is 17.1 Å². The van der Waals surface area contributed by atoms with Crippen LogP contribution in [0.15, 0.2) is 66.2 Å². The number of phenolic OH excluding ortho intramolecular Hbond substituents is 1. The zero-order valence-electron chi connectivity index (χ0n) is 18.5. The average molecular weight is 428 g/mol. The molecule has 1 aliphatic rings. The number of ketones is 1. The summed E-state index contributed by atoms with van der Waals surface area (Å²) in [5.74, 6) is -1.55. The van der Waals surface area contributed by atoms with Crippen LogP contribution in [0.25, 0.3) is 5.76 Å². The Morgan fingerprint density at radius 3 is 2.06 bits per heavy atom. The van der Waals surface area contributed by atoms with Gasteiger partial charge in [-0.2, -0.15) is 0 Å². The highest BCUT2D eigenvalue weighted by molar-refractivity contribution is 6.51. The van der Waals surface area contributed by atoms with Gasteiger partial charge in [-0.05, 0) is 74.2 Å². The molecule has 3 aromatic rings. The fraction of sp³-hybridized carbons (Fsp3) is 0.185. The van der Waals surface area contributed by atoms with E-state index in [2.05, 4.69) is 0 Å². The zero-order chi connectivity index (χ0) is 23.2. The predicted molar refractivity (Wildman–Crippen MR) is 125 cm³/mol. The Labute approximate surface area is 187 Å². The summed E-state index contributed by atoms with van der Waals surface area (Å²) < 4.78 is 0. The van der Waals surface area contributed by atoms with E-state index in [0.29, 0.717) is 16.8 Å². The molecule has 0 aliphatic carbocycles. The molecule has 0 bridgehead atoms. The van der Waals surface area contributed by atoms with Crippen molar-refractivity contribution >= 4 is 23.1 Å². The van der Waals surface area contributed by atoms with Crippen molar-refractivity contribution in [3.05, 3.63) is 99.6 Å². The number of hydrogen-bond acceptors (Lipinski definition) is 4. The maximum Gasteiger partial charge on any atom is 0.300 e. The van der Waals surface area contributed by atoms with Crippen LogP contribution in [0.1, 0.15) is 39.4 Å². The molecule has 32 heavy (non-hydrogen) atoms. The number of anilines is 1. The molecule has 4 rings (SSSR count). The second kappa shape index (κ2) is 8.00. The smallest absolute Gasteiger partial charge is 0.300 e. The molecule has 3 aromatic carbocycles. The molecular weight excluding hydrogens is 402 g/mol. The van der Waals surface area contributed by atoms with Gasteiger partial charge in [0.05, 0.1) is 11.6 Å². The number of nitrogens with zero attached hydrogens (tertiary/aromatic N) is 1. The van der Waals surface area contributed by atoms with Crippen molar-refractivity contribution in [1.29, 1.82) is 0 Å². The number of carbonyl (C=O) groups excluding carboxylic acids is 2. The lowest BCUT2D eigenvalue weighted by Gasteiger charge is -2.27. The molecule has 1 fully saturated rings. The van der Waals surface area contributed by atoms with Gasteiger partial charge in [0, 0.05) is 11.3 Å². The van der Waals surface area contributed by atoms with Gasteiger partial charge < -0.3 is 10.2 Å². The number of benzene rings is 3. The van der Waals surface area contributed by atoms with E-state index in [1.807, 2.05) is 64.1 Å². The summed E-state index contributed by atoms with van der Waals surface area (Å²) in [5, 5.41) is 21.1. The zero-order valence-corrected chi connectivity index (χ0v) is 18.5. The van der Waals surface area contributed by atoms with Gasteiger partial charge in [0.25, 0.3) is 11.7 Å². The van der Waals surface area contributed by atoms with Gasteiger partial charge in [-0.25, -0.2) is 0 Å². The number of aryl methyl sites for hydroxylation is 4.